The van der Waals surface area contributed by atoms with E-state index in [2.05, 4.69) is 4.98 Å². The number of carbonyl (C=O) groups excluding carboxylic acids is 1. The number of nitro groups is 1. The van der Waals surface area contributed by atoms with Crippen molar-refractivity contribution in [1.29, 1.82) is 0 Å². The standard InChI is InChI=1S/C13H9N3O3S/c17-11(9-4-2-1-3-5-9)8-10-12(16(18)19)15-6-7-20-13(15)14-10/h1-7H,8H2. The number of hydrogen-bond donors (Lipinski definition) is 0. The second kappa shape index (κ2) is 4.86. The smallest absolute Gasteiger partial charge is 0.352 e. The molecule has 3 aromatic rings. The molecule has 0 bridgehead atoms. The highest BCUT2D eigenvalue weighted by atomic mass is 32.1. The second-order valence-corrected chi connectivity index (χ2v) is 5.03. The van der Waals surface area contributed by atoms with E-state index in [1.807, 2.05) is 6.07 Å². The maximum atomic E-state index is 12.1. The number of imidazole rings is 1. The Morgan fingerprint density at radius 2 is 2.10 bits per heavy atom. The molecule has 1 aromatic carbocycles. The first-order chi connectivity index (χ1) is 9.66. The normalized spacial score (nSPS) is 10.8. The Morgan fingerprint density at radius 1 is 1.35 bits per heavy atom. The van der Waals surface area contributed by atoms with Crippen LogP contribution in [0, 0.1) is 10.1 Å². The van der Waals surface area contributed by atoms with E-state index < -0.39 is 4.92 Å². The summed E-state index contributed by atoms with van der Waals surface area (Å²) in [5, 5.41) is 12.9. The molecule has 0 aliphatic heterocycles. The van der Waals surface area contributed by atoms with E-state index in [1.165, 1.54) is 15.7 Å². The molecule has 3 rings (SSSR count). The molecule has 20 heavy (non-hydrogen) atoms. The van der Waals surface area contributed by atoms with Gasteiger partial charge in [-0.05, 0) is 4.92 Å². The number of hydrogen-bond acceptors (Lipinski definition) is 5. The summed E-state index contributed by atoms with van der Waals surface area (Å²) >= 11 is 1.30. The minimum absolute atomic E-state index is 0.0747. The third-order valence-corrected chi connectivity index (χ3v) is 3.66. The van der Waals surface area contributed by atoms with Crippen LogP contribution in [0.2, 0.25) is 0 Å². The predicted octanol–water partition coefficient (Wildman–Crippen LogP) is 2.73. The highest BCUT2D eigenvalue weighted by molar-refractivity contribution is 7.15. The molecule has 0 saturated carbocycles. The van der Waals surface area contributed by atoms with E-state index in [1.54, 1.807) is 35.8 Å². The highest BCUT2D eigenvalue weighted by Gasteiger charge is 2.25. The fraction of sp³-hybridized carbons (Fsp3) is 0.0769. The van der Waals surface area contributed by atoms with Crippen LogP contribution in [-0.4, -0.2) is 20.1 Å². The first kappa shape index (κ1) is 12.5. The van der Waals surface area contributed by atoms with Crippen molar-refractivity contribution in [1.82, 2.24) is 9.38 Å². The van der Waals surface area contributed by atoms with Gasteiger partial charge < -0.3 is 10.1 Å². The molecule has 0 unspecified atom stereocenters. The molecule has 6 nitrogen and oxygen atoms in total. The lowest BCUT2D eigenvalue weighted by Crippen LogP contribution is -2.06. The van der Waals surface area contributed by atoms with Gasteiger partial charge in [-0.2, -0.15) is 9.38 Å². The number of fused-ring (bicyclic) bond motifs is 1. The minimum atomic E-state index is -0.500. The number of carbonyl (C=O) groups is 1. The zero-order chi connectivity index (χ0) is 14.1. The molecule has 0 aliphatic carbocycles. The molecule has 0 atom stereocenters. The zero-order valence-corrected chi connectivity index (χ0v) is 11.0. The highest BCUT2D eigenvalue weighted by Crippen LogP contribution is 2.25. The maximum Gasteiger partial charge on any atom is 0.352 e. The number of thiazole rings is 1. The molecule has 0 aliphatic rings. The molecule has 0 amide bonds. The van der Waals surface area contributed by atoms with Gasteiger partial charge in [-0.1, -0.05) is 41.7 Å². The van der Waals surface area contributed by atoms with E-state index in [9.17, 15) is 14.9 Å². The lowest BCUT2D eigenvalue weighted by molar-refractivity contribution is -0.391. The zero-order valence-electron chi connectivity index (χ0n) is 10.2. The average molecular weight is 287 g/mol. The van der Waals surface area contributed by atoms with Gasteiger partial charge in [0.2, 0.25) is 0 Å². The van der Waals surface area contributed by atoms with Crippen LogP contribution in [0.25, 0.3) is 4.96 Å². The van der Waals surface area contributed by atoms with Crippen molar-refractivity contribution in [2.45, 2.75) is 6.42 Å². The van der Waals surface area contributed by atoms with Crippen LogP contribution in [0.4, 0.5) is 5.82 Å². The van der Waals surface area contributed by atoms with Crippen LogP contribution in [0.5, 0.6) is 0 Å². The van der Waals surface area contributed by atoms with E-state index in [4.69, 9.17) is 0 Å². The van der Waals surface area contributed by atoms with Crippen LogP contribution in [-0.2, 0) is 6.42 Å². The first-order valence-electron chi connectivity index (χ1n) is 5.84. The van der Waals surface area contributed by atoms with Crippen LogP contribution >= 0.6 is 11.3 Å². The molecule has 2 heterocycles. The van der Waals surface area contributed by atoms with Crippen LogP contribution in [0.15, 0.2) is 41.9 Å². The van der Waals surface area contributed by atoms with Gasteiger partial charge in [0.05, 0.1) is 6.42 Å². The summed E-state index contributed by atoms with van der Waals surface area (Å²) in [4.78, 5) is 27.5. The molecule has 0 spiro atoms. The third-order valence-electron chi connectivity index (χ3n) is 2.90. The van der Waals surface area contributed by atoms with Crippen LogP contribution in [0.3, 0.4) is 0 Å². The number of Topliss-reactive ketones (excluding diaryl/α,β-unsaturated/α-hetero) is 1. The summed E-state index contributed by atoms with van der Waals surface area (Å²) in [5.41, 5.74) is 0.730. The summed E-state index contributed by atoms with van der Waals surface area (Å²) in [6, 6.07) is 8.70. The van der Waals surface area contributed by atoms with Gasteiger partial charge >= 0.3 is 5.82 Å². The van der Waals surface area contributed by atoms with Crippen LogP contribution < -0.4 is 0 Å². The van der Waals surface area contributed by atoms with Gasteiger partial charge in [0.1, 0.15) is 11.9 Å². The quantitative estimate of drug-likeness (QED) is 0.420. The third kappa shape index (κ3) is 2.08. The Bertz CT molecular complexity index is 792. The summed E-state index contributed by atoms with van der Waals surface area (Å²) in [6.45, 7) is 0. The number of nitrogens with zero attached hydrogens (tertiary/aromatic N) is 3. The summed E-state index contributed by atoms with van der Waals surface area (Å²) in [5.74, 6) is -0.315. The predicted molar refractivity (Wildman–Crippen MR) is 74.2 cm³/mol. The Kier molecular flexibility index (Phi) is 3.03. The van der Waals surface area contributed by atoms with Crippen molar-refractivity contribution >= 4 is 27.9 Å². The van der Waals surface area contributed by atoms with E-state index in [0.29, 0.717) is 10.5 Å². The monoisotopic (exact) mass is 287 g/mol. The lowest BCUT2D eigenvalue weighted by atomic mass is 10.1. The Balaban J connectivity index is 1.99. The van der Waals surface area contributed by atoms with Gasteiger partial charge in [0.15, 0.2) is 5.78 Å². The molecule has 0 N–H and O–H groups in total. The maximum absolute atomic E-state index is 12.1. The summed E-state index contributed by atoms with van der Waals surface area (Å²) < 4.78 is 1.40. The van der Waals surface area contributed by atoms with Gasteiger partial charge in [0, 0.05) is 10.9 Å². The van der Waals surface area contributed by atoms with Gasteiger partial charge in [-0.15, -0.1) is 0 Å². The van der Waals surface area contributed by atoms with Gasteiger partial charge in [-0.25, -0.2) is 0 Å². The van der Waals surface area contributed by atoms with Crippen molar-refractivity contribution in [3.8, 4) is 0 Å². The molecule has 0 radical (unpaired) electrons. The Labute approximate surface area is 117 Å². The van der Waals surface area contributed by atoms with E-state index >= 15 is 0 Å². The Morgan fingerprint density at radius 3 is 2.80 bits per heavy atom. The second-order valence-electron chi connectivity index (χ2n) is 4.16. The van der Waals surface area contributed by atoms with Crippen molar-refractivity contribution < 1.29 is 9.72 Å². The van der Waals surface area contributed by atoms with E-state index in [0.717, 1.165) is 0 Å². The number of benzene rings is 1. The fourth-order valence-electron chi connectivity index (χ4n) is 2.01. The van der Waals surface area contributed by atoms with Crippen molar-refractivity contribution in [2.75, 3.05) is 0 Å². The van der Waals surface area contributed by atoms with E-state index in [-0.39, 0.29) is 23.7 Å². The molecule has 2 aromatic heterocycles. The summed E-state index contributed by atoms with van der Waals surface area (Å²) in [7, 11) is 0. The van der Waals surface area contributed by atoms with Crippen molar-refractivity contribution in [3.05, 3.63) is 63.3 Å². The summed E-state index contributed by atoms with van der Waals surface area (Å²) in [6.07, 6.45) is 1.51. The molecule has 0 saturated heterocycles. The Hall–Kier alpha value is -2.54. The van der Waals surface area contributed by atoms with Crippen LogP contribution in [0.1, 0.15) is 16.1 Å². The largest absolute Gasteiger partial charge is 0.358 e. The SMILES string of the molecule is O=C(Cc1nc2sccn2c1[N+](=O)[O-])c1ccccc1. The topological polar surface area (TPSA) is 77.5 Å². The number of ketones is 1. The van der Waals surface area contributed by atoms with Gasteiger partial charge in [0.25, 0.3) is 4.96 Å². The fourth-order valence-corrected chi connectivity index (χ4v) is 2.74. The lowest BCUT2D eigenvalue weighted by Gasteiger charge is -1.99. The molecular weight excluding hydrogens is 278 g/mol. The minimum Gasteiger partial charge on any atom is -0.358 e. The first-order valence-corrected chi connectivity index (χ1v) is 6.72. The van der Waals surface area contributed by atoms with Gasteiger partial charge in [-0.3, -0.25) is 4.79 Å². The number of rotatable bonds is 4. The average Bonchev–Trinajstić information content (AvgIpc) is 2.99. The molecule has 7 heteroatoms. The number of aromatic nitrogens is 2. The molecule has 100 valence electrons. The van der Waals surface area contributed by atoms with Crippen molar-refractivity contribution in [3.63, 3.8) is 0 Å². The molecular formula is C13H9N3O3S. The molecule has 0 fully saturated rings. The van der Waals surface area contributed by atoms with Crippen molar-refractivity contribution in [2.24, 2.45) is 0 Å².